The van der Waals surface area contributed by atoms with Crippen LogP contribution >= 0.6 is 0 Å². The fourth-order valence-electron chi connectivity index (χ4n) is 2.76. The first-order valence-corrected chi connectivity index (χ1v) is 7.13. The zero-order valence-corrected chi connectivity index (χ0v) is 12.3. The van der Waals surface area contributed by atoms with Gasteiger partial charge in [0.05, 0.1) is 12.2 Å². The van der Waals surface area contributed by atoms with Crippen LogP contribution in [0.1, 0.15) is 30.1 Å². The van der Waals surface area contributed by atoms with Crippen molar-refractivity contribution in [2.75, 3.05) is 11.9 Å². The normalized spacial score (nSPS) is 18.0. The van der Waals surface area contributed by atoms with Crippen molar-refractivity contribution in [2.24, 2.45) is 7.05 Å². The quantitative estimate of drug-likeness (QED) is 0.922. The Balaban J connectivity index is 1.74. The largest absolute Gasteiger partial charge is 0.323 e. The predicted molar refractivity (Wildman–Crippen MR) is 79.9 cm³/mol. The molecular formula is C15H19N5O. The van der Waals surface area contributed by atoms with E-state index < -0.39 is 0 Å². The Morgan fingerprint density at radius 1 is 1.43 bits per heavy atom. The van der Waals surface area contributed by atoms with Crippen molar-refractivity contribution in [1.29, 1.82) is 0 Å². The van der Waals surface area contributed by atoms with Crippen molar-refractivity contribution in [3.8, 4) is 0 Å². The van der Waals surface area contributed by atoms with Gasteiger partial charge in [-0.2, -0.15) is 5.10 Å². The standard InChI is InChI=1S/C15H19N5O/c1-11-5-3-7-14(17-11)18-15(21)20-8-4-6-13(20)12-9-16-19(2)10-12/h3,5,7,9-10,13H,4,6,8H2,1-2H3,(H,17,18,21)/t13-/m0/s1. The molecule has 21 heavy (non-hydrogen) atoms. The Hall–Kier alpha value is -2.37. The van der Waals surface area contributed by atoms with Gasteiger partial charge >= 0.3 is 6.03 Å². The fourth-order valence-corrected chi connectivity index (χ4v) is 2.76. The van der Waals surface area contributed by atoms with Gasteiger partial charge in [-0.15, -0.1) is 0 Å². The molecular weight excluding hydrogens is 266 g/mol. The number of aryl methyl sites for hydroxylation is 2. The Labute approximate surface area is 123 Å². The van der Waals surface area contributed by atoms with Crippen molar-refractivity contribution >= 4 is 11.8 Å². The SMILES string of the molecule is Cc1cccc(NC(=O)N2CCC[C@H]2c2cnn(C)c2)n1. The summed E-state index contributed by atoms with van der Waals surface area (Å²) >= 11 is 0. The summed E-state index contributed by atoms with van der Waals surface area (Å²) in [5.74, 6) is 0.594. The van der Waals surface area contributed by atoms with Crippen LogP contribution in [0.25, 0.3) is 0 Å². The number of pyridine rings is 1. The molecule has 110 valence electrons. The smallest absolute Gasteiger partial charge is 0.317 e. The van der Waals surface area contributed by atoms with Crippen LogP contribution in [0, 0.1) is 6.92 Å². The van der Waals surface area contributed by atoms with E-state index in [4.69, 9.17) is 0 Å². The fraction of sp³-hybridized carbons (Fsp3) is 0.400. The van der Waals surface area contributed by atoms with Crippen molar-refractivity contribution in [3.05, 3.63) is 41.9 Å². The van der Waals surface area contributed by atoms with Gasteiger partial charge in [-0.25, -0.2) is 9.78 Å². The third-order valence-electron chi connectivity index (χ3n) is 3.75. The molecule has 1 saturated heterocycles. The molecule has 2 amide bonds. The summed E-state index contributed by atoms with van der Waals surface area (Å²) in [6.07, 6.45) is 5.79. The second-order valence-corrected chi connectivity index (χ2v) is 5.39. The van der Waals surface area contributed by atoms with Crippen LogP contribution < -0.4 is 5.32 Å². The van der Waals surface area contributed by atoms with Crippen LogP contribution in [-0.4, -0.2) is 32.2 Å². The molecule has 2 aromatic rings. The van der Waals surface area contributed by atoms with Crippen LogP contribution in [0.4, 0.5) is 10.6 Å². The number of likely N-dealkylation sites (tertiary alicyclic amines) is 1. The lowest BCUT2D eigenvalue weighted by Crippen LogP contribution is -2.34. The highest BCUT2D eigenvalue weighted by Crippen LogP contribution is 2.31. The second-order valence-electron chi connectivity index (χ2n) is 5.39. The molecule has 0 aliphatic carbocycles. The average Bonchev–Trinajstić information content (AvgIpc) is 3.06. The summed E-state index contributed by atoms with van der Waals surface area (Å²) in [5, 5.41) is 7.08. The summed E-state index contributed by atoms with van der Waals surface area (Å²) in [6, 6.07) is 5.60. The van der Waals surface area contributed by atoms with E-state index in [0.717, 1.165) is 30.6 Å². The first-order valence-electron chi connectivity index (χ1n) is 7.13. The van der Waals surface area contributed by atoms with Crippen molar-refractivity contribution in [1.82, 2.24) is 19.7 Å². The van der Waals surface area contributed by atoms with Gasteiger partial charge in [0.2, 0.25) is 0 Å². The maximum atomic E-state index is 12.5. The molecule has 0 unspecified atom stereocenters. The zero-order valence-electron chi connectivity index (χ0n) is 12.3. The molecule has 1 fully saturated rings. The monoisotopic (exact) mass is 285 g/mol. The molecule has 6 heteroatoms. The summed E-state index contributed by atoms with van der Waals surface area (Å²) in [4.78, 5) is 18.6. The molecule has 1 N–H and O–H groups in total. The van der Waals surface area contributed by atoms with E-state index in [1.54, 1.807) is 10.7 Å². The number of hydrogen-bond acceptors (Lipinski definition) is 3. The van der Waals surface area contributed by atoms with E-state index in [1.807, 2.05) is 43.4 Å². The molecule has 0 bridgehead atoms. The molecule has 6 nitrogen and oxygen atoms in total. The van der Waals surface area contributed by atoms with Crippen LogP contribution in [0.5, 0.6) is 0 Å². The van der Waals surface area contributed by atoms with Gasteiger partial charge in [-0.05, 0) is 31.9 Å². The van der Waals surface area contributed by atoms with E-state index in [0.29, 0.717) is 5.82 Å². The van der Waals surface area contributed by atoms with Gasteiger partial charge in [-0.1, -0.05) is 6.07 Å². The second kappa shape index (κ2) is 5.55. The number of hydrogen-bond donors (Lipinski definition) is 1. The molecule has 0 radical (unpaired) electrons. The van der Waals surface area contributed by atoms with E-state index in [9.17, 15) is 4.79 Å². The van der Waals surface area contributed by atoms with Crippen LogP contribution in [0.2, 0.25) is 0 Å². The highest BCUT2D eigenvalue weighted by Gasteiger charge is 2.30. The van der Waals surface area contributed by atoms with Crippen molar-refractivity contribution in [3.63, 3.8) is 0 Å². The minimum atomic E-state index is -0.0977. The number of urea groups is 1. The van der Waals surface area contributed by atoms with Gasteiger partial charge in [-0.3, -0.25) is 10.00 Å². The highest BCUT2D eigenvalue weighted by molar-refractivity contribution is 5.88. The molecule has 1 atom stereocenters. The maximum Gasteiger partial charge on any atom is 0.323 e. The topological polar surface area (TPSA) is 63.1 Å². The number of aromatic nitrogens is 3. The van der Waals surface area contributed by atoms with Crippen molar-refractivity contribution in [2.45, 2.75) is 25.8 Å². The summed E-state index contributed by atoms with van der Waals surface area (Å²) in [6.45, 7) is 2.67. The number of nitrogens with one attached hydrogen (secondary N) is 1. The lowest BCUT2D eigenvalue weighted by Gasteiger charge is -2.24. The Bertz CT molecular complexity index is 651. The molecule has 1 aliphatic rings. The summed E-state index contributed by atoms with van der Waals surface area (Å²) < 4.78 is 1.77. The minimum absolute atomic E-state index is 0.0977. The summed E-state index contributed by atoms with van der Waals surface area (Å²) in [5.41, 5.74) is 1.97. The number of carbonyl (C=O) groups is 1. The van der Waals surface area contributed by atoms with Crippen LogP contribution in [0.15, 0.2) is 30.6 Å². The van der Waals surface area contributed by atoms with Gasteiger partial charge in [0.1, 0.15) is 5.82 Å². The van der Waals surface area contributed by atoms with Gasteiger partial charge in [0.25, 0.3) is 0 Å². The van der Waals surface area contributed by atoms with E-state index in [-0.39, 0.29) is 12.1 Å². The van der Waals surface area contributed by atoms with E-state index >= 15 is 0 Å². The molecule has 0 spiro atoms. The molecule has 1 aliphatic heterocycles. The number of anilines is 1. The third kappa shape index (κ3) is 2.89. The molecule has 3 heterocycles. The minimum Gasteiger partial charge on any atom is -0.317 e. The lowest BCUT2D eigenvalue weighted by molar-refractivity contribution is 0.207. The number of nitrogens with zero attached hydrogens (tertiary/aromatic N) is 4. The average molecular weight is 285 g/mol. The molecule has 0 saturated carbocycles. The highest BCUT2D eigenvalue weighted by atomic mass is 16.2. The van der Waals surface area contributed by atoms with E-state index in [1.165, 1.54) is 0 Å². The zero-order chi connectivity index (χ0) is 14.8. The molecule has 2 aromatic heterocycles. The number of amides is 2. The van der Waals surface area contributed by atoms with Crippen molar-refractivity contribution < 1.29 is 4.79 Å². The number of rotatable bonds is 2. The van der Waals surface area contributed by atoms with Crippen LogP contribution in [-0.2, 0) is 7.05 Å². The predicted octanol–water partition coefficient (Wildman–Crippen LogP) is 2.49. The van der Waals surface area contributed by atoms with Gasteiger partial charge in [0.15, 0.2) is 0 Å². The third-order valence-corrected chi connectivity index (χ3v) is 3.75. The Morgan fingerprint density at radius 3 is 3.00 bits per heavy atom. The van der Waals surface area contributed by atoms with Gasteiger partial charge < -0.3 is 4.90 Å². The van der Waals surface area contributed by atoms with Gasteiger partial charge in [0, 0.05) is 31.0 Å². The van der Waals surface area contributed by atoms with Crippen LogP contribution in [0.3, 0.4) is 0 Å². The number of carbonyl (C=O) groups excluding carboxylic acids is 1. The first-order chi connectivity index (χ1) is 10.1. The lowest BCUT2D eigenvalue weighted by atomic mass is 10.1. The summed E-state index contributed by atoms with van der Waals surface area (Å²) in [7, 11) is 1.89. The molecule has 3 rings (SSSR count). The molecule has 0 aromatic carbocycles. The maximum absolute atomic E-state index is 12.5. The Morgan fingerprint density at radius 2 is 2.29 bits per heavy atom. The first kappa shape index (κ1) is 13.6. The van der Waals surface area contributed by atoms with E-state index in [2.05, 4.69) is 15.4 Å². The Kier molecular flexibility index (Phi) is 3.60.